The van der Waals surface area contributed by atoms with Gasteiger partial charge in [0.25, 0.3) is 5.56 Å². The first-order chi connectivity index (χ1) is 10.5. The Bertz CT molecular complexity index is 917. The number of nitrogens with zero attached hydrogens (tertiary/aromatic N) is 2. The molecule has 0 radical (unpaired) electrons. The van der Waals surface area contributed by atoms with Gasteiger partial charge >= 0.3 is 0 Å². The predicted molar refractivity (Wildman–Crippen MR) is 87.8 cm³/mol. The number of hydrogen-bond donors (Lipinski definition) is 1. The summed E-state index contributed by atoms with van der Waals surface area (Å²) in [5, 5.41) is 0.561. The molecule has 2 aromatic carbocycles. The minimum Gasteiger partial charge on any atom is -0.366 e. The van der Waals surface area contributed by atoms with Gasteiger partial charge in [-0.05, 0) is 35.9 Å². The Balaban J connectivity index is 1.98. The average Bonchev–Trinajstić information content (AvgIpc) is 2.51. The zero-order chi connectivity index (χ0) is 15.7. The van der Waals surface area contributed by atoms with Crippen LogP contribution in [-0.4, -0.2) is 15.5 Å². The Morgan fingerprint density at radius 2 is 1.91 bits per heavy atom. The SMILES string of the molecule is NC(=O)c1ccc(Cn2cnc3ccc(Br)cc3c2=O)cc1. The summed E-state index contributed by atoms with van der Waals surface area (Å²) in [7, 11) is 0. The molecule has 22 heavy (non-hydrogen) atoms. The van der Waals surface area contributed by atoms with Crippen molar-refractivity contribution >= 4 is 32.7 Å². The van der Waals surface area contributed by atoms with E-state index in [4.69, 9.17) is 5.73 Å². The van der Waals surface area contributed by atoms with E-state index in [0.717, 1.165) is 10.0 Å². The number of carbonyl (C=O) groups excluding carboxylic acids is 1. The Morgan fingerprint density at radius 3 is 2.59 bits per heavy atom. The van der Waals surface area contributed by atoms with E-state index in [2.05, 4.69) is 20.9 Å². The van der Waals surface area contributed by atoms with E-state index in [1.54, 1.807) is 36.4 Å². The first kappa shape index (κ1) is 14.5. The maximum atomic E-state index is 12.5. The molecule has 0 saturated carbocycles. The van der Waals surface area contributed by atoms with Crippen LogP contribution in [0.15, 0.2) is 58.1 Å². The van der Waals surface area contributed by atoms with Crippen LogP contribution in [0.25, 0.3) is 10.9 Å². The molecule has 3 rings (SSSR count). The lowest BCUT2D eigenvalue weighted by atomic mass is 10.1. The molecule has 1 amide bonds. The first-order valence-electron chi connectivity index (χ1n) is 6.58. The number of benzene rings is 2. The molecule has 0 saturated heterocycles. The van der Waals surface area contributed by atoms with Gasteiger partial charge in [0.05, 0.1) is 23.8 Å². The number of rotatable bonds is 3. The summed E-state index contributed by atoms with van der Waals surface area (Å²) in [5.74, 6) is -0.471. The number of hydrogen-bond acceptors (Lipinski definition) is 3. The molecule has 110 valence electrons. The van der Waals surface area contributed by atoms with Gasteiger partial charge in [-0.2, -0.15) is 0 Å². The topological polar surface area (TPSA) is 78.0 Å². The summed E-state index contributed by atoms with van der Waals surface area (Å²) in [4.78, 5) is 27.8. The number of aromatic nitrogens is 2. The third-order valence-corrected chi connectivity index (χ3v) is 3.87. The van der Waals surface area contributed by atoms with Crippen molar-refractivity contribution in [2.24, 2.45) is 5.73 Å². The lowest BCUT2D eigenvalue weighted by molar-refractivity contribution is 0.100. The first-order valence-corrected chi connectivity index (χ1v) is 7.37. The quantitative estimate of drug-likeness (QED) is 0.781. The monoisotopic (exact) mass is 357 g/mol. The van der Waals surface area contributed by atoms with Crippen molar-refractivity contribution in [3.05, 3.63) is 74.7 Å². The summed E-state index contributed by atoms with van der Waals surface area (Å²) in [6, 6.07) is 12.3. The fourth-order valence-electron chi connectivity index (χ4n) is 2.21. The standard InChI is InChI=1S/C16H12BrN3O2/c17-12-5-6-14-13(7-12)16(22)20(9-19-14)8-10-1-3-11(4-2-10)15(18)21/h1-7,9H,8H2,(H2,18,21). The largest absolute Gasteiger partial charge is 0.366 e. The van der Waals surface area contributed by atoms with Gasteiger partial charge in [0, 0.05) is 10.0 Å². The molecule has 0 atom stereocenters. The van der Waals surface area contributed by atoms with Crippen molar-refractivity contribution in [3.63, 3.8) is 0 Å². The highest BCUT2D eigenvalue weighted by Crippen LogP contribution is 2.15. The highest BCUT2D eigenvalue weighted by Gasteiger charge is 2.06. The second kappa shape index (κ2) is 5.73. The van der Waals surface area contributed by atoms with E-state index in [-0.39, 0.29) is 5.56 Å². The maximum Gasteiger partial charge on any atom is 0.261 e. The van der Waals surface area contributed by atoms with Gasteiger partial charge in [0.1, 0.15) is 0 Å². The van der Waals surface area contributed by atoms with E-state index < -0.39 is 5.91 Å². The third kappa shape index (κ3) is 2.78. The van der Waals surface area contributed by atoms with Crippen LogP contribution in [-0.2, 0) is 6.54 Å². The van der Waals surface area contributed by atoms with Crippen LogP contribution in [0.3, 0.4) is 0 Å². The van der Waals surface area contributed by atoms with Gasteiger partial charge in [-0.3, -0.25) is 14.2 Å². The van der Waals surface area contributed by atoms with Crippen molar-refractivity contribution in [3.8, 4) is 0 Å². The molecular formula is C16H12BrN3O2. The van der Waals surface area contributed by atoms with Crippen LogP contribution in [0.2, 0.25) is 0 Å². The number of amides is 1. The zero-order valence-electron chi connectivity index (χ0n) is 11.5. The molecule has 2 N–H and O–H groups in total. The van der Waals surface area contributed by atoms with Crippen molar-refractivity contribution in [1.82, 2.24) is 9.55 Å². The molecule has 0 unspecified atom stereocenters. The fraction of sp³-hybridized carbons (Fsp3) is 0.0625. The van der Waals surface area contributed by atoms with E-state index >= 15 is 0 Å². The van der Waals surface area contributed by atoms with Crippen molar-refractivity contribution in [2.45, 2.75) is 6.54 Å². The fourth-order valence-corrected chi connectivity index (χ4v) is 2.58. The second-order valence-electron chi connectivity index (χ2n) is 4.90. The molecule has 1 heterocycles. The Labute approximate surface area is 134 Å². The Hall–Kier alpha value is -2.47. The lowest BCUT2D eigenvalue weighted by Crippen LogP contribution is -2.21. The van der Waals surface area contributed by atoms with Crippen LogP contribution >= 0.6 is 15.9 Å². The summed E-state index contributed by atoms with van der Waals surface area (Å²) in [6.07, 6.45) is 1.53. The molecule has 0 bridgehead atoms. The normalized spacial score (nSPS) is 10.8. The molecule has 0 aliphatic carbocycles. The number of primary amides is 1. The van der Waals surface area contributed by atoms with Gasteiger partial charge in [-0.1, -0.05) is 28.1 Å². The van der Waals surface area contributed by atoms with Gasteiger partial charge in [-0.15, -0.1) is 0 Å². The molecule has 0 fully saturated rings. The second-order valence-corrected chi connectivity index (χ2v) is 5.82. The lowest BCUT2D eigenvalue weighted by Gasteiger charge is -2.07. The number of nitrogens with two attached hydrogens (primary N) is 1. The van der Waals surface area contributed by atoms with Crippen LogP contribution in [0.5, 0.6) is 0 Å². The maximum absolute atomic E-state index is 12.5. The van der Waals surface area contributed by atoms with Crippen molar-refractivity contribution in [2.75, 3.05) is 0 Å². The van der Waals surface area contributed by atoms with E-state index in [1.807, 2.05) is 6.07 Å². The number of fused-ring (bicyclic) bond motifs is 1. The Kier molecular flexibility index (Phi) is 3.77. The minimum absolute atomic E-state index is 0.106. The molecule has 1 aromatic heterocycles. The molecule has 0 aliphatic heterocycles. The summed E-state index contributed by atoms with van der Waals surface area (Å²) in [6.45, 7) is 0.382. The van der Waals surface area contributed by atoms with Gasteiger partial charge in [-0.25, -0.2) is 4.98 Å². The highest BCUT2D eigenvalue weighted by molar-refractivity contribution is 9.10. The summed E-state index contributed by atoms with van der Waals surface area (Å²) < 4.78 is 2.37. The Morgan fingerprint density at radius 1 is 1.18 bits per heavy atom. The van der Waals surface area contributed by atoms with Crippen LogP contribution in [0, 0.1) is 0 Å². The molecule has 6 heteroatoms. The number of carbonyl (C=O) groups is 1. The van der Waals surface area contributed by atoms with E-state index in [0.29, 0.717) is 23.0 Å². The predicted octanol–water partition coefficient (Wildman–Crippen LogP) is 2.31. The van der Waals surface area contributed by atoms with Gasteiger partial charge in [0.2, 0.25) is 5.91 Å². The van der Waals surface area contributed by atoms with Crippen molar-refractivity contribution < 1.29 is 4.79 Å². The van der Waals surface area contributed by atoms with Crippen LogP contribution < -0.4 is 11.3 Å². The zero-order valence-corrected chi connectivity index (χ0v) is 13.1. The molecule has 5 nitrogen and oxygen atoms in total. The van der Waals surface area contributed by atoms with Crippen LogP contribution in [0.1, 0.15) is 15.9 Å². The summed E-state index contributed by atoms with van der Waals surface area (Å²) >= 11 is 3.36. The summed E-state index contributed by atoms with van der Waals surface area (Å²) in [5.41, 5.74) is 7.10. The highest BCUT2D eigenvalue weighted by atomic mass is 79.9. The molecule has 0 spiro atoms. The average molecular weight is 358 g/mol. The smallest absolute Gasteiger partial charge is 0.261 e. The van der Waals surface area contributed by atoms with E-state index in [9.17, 15) is 9.59 Å². The van der Waals surface area contributed by atoms with Gasteiger partial charge in [0.15, 0.2) is 0 Å². The molecule has 3 aromatic rings. The molecular weight excluding hydrogens is 346 g/mol. The molecule has 0 aliphatic rings. The number of halogens is 1. The van der Waals surface area contributed by atoms with E-state index in [1.165, 1.54) is 10.9 Å². The van der Waals surface area contributed by atoms with Crippen molar-refractivity contribution in [1.29, 1.82) is 0 Å². The van der Waals surface area contributed by atoms with Crippen LogP contribution in [0.4, 0.5) is 0 Å². The third-order valence-electron chi connectivity index (χ3n) is 3.38. The van der Waals surface area contributed by atoms with Gasteiger partial charge < -0.3 is 5.73 Å². The minimum atomic E-state index is -0.471.